The lowest BCUT2D eigenvalue weighted by Gasteiger charge is -2.22. The fourth-order valence-corrected chi connectivity index (χ4v) is 2.80. The van der Waals surface area contributed by atoms with Crippen LogP contribution in [0.25, 0.3) is 0 Å². The fourth-order valence-electron chi connectivity index (χ4n) is 2.80. The Labute approximate surface area is 430 Å². The molecule has 0 bridgehead atoms. The monoisotopic (exact) mass is 1100 g/mol. The number of carboxylic acids is 1. The molecule has 0 aliphatic heterocycles. The molecule has 0 rings (SSSR count). The Hall–Kier alpha value is -4.81. The first-order valence-electron chi connectivity index (χ1n) is 22.7. The lowest BCUT2D eigenvalue weighted by Crippen LogP contribution is -2.45. The van der Waals surface area contributed by atoms with E-state index < -0.39 is 117 Å². The highest BCUT2D eigenvalue weighted by Crippen LogP contribution is 2.09. The highest BCUT2D eigenvalue weighted by molar-refractivity contribution is 14.1. The van der Waals surface area contributed by atoms with Crippen LogP contribution >= 0.6 is 35.0 Å². The smallest absolute Gasteiger partial charge is 0.437 e. The second-order valence-electron chi connectivity index (χ2n) is 12.9. The van der Waals surface area contributed by atoms with Crippen molar-refractivity contribution in [2.75, 3.05) is 58.2 Å². The molecule has 0 atom stereocenters. The molecule has 0 heterocycles. The summed E-state index contributed by atoms with van der Waals surface area (Å²) >= 11 is 2.29. The van der Waals surface area contributed by atoms with E-state index in [9.17, 15) is 38.4 Å². The molecule has 0 spiro atoms. The molecular formula is C42H90ClIN9O13-. The molecular weight excluding hydrogens is 1000 g/mol. The largest absolute Gasteiger partial charge is 1.00 e. The Morgan fingerprint density at radius 2 is 0.894 bits per heavy atom. The number of carbonyl (C=O) groups excluding carboxylic acids is 7. The normalized spacial score (nSPS) is 12.4. The van der Waals surface area contributed by atoms with Crippen molar-refractivity contribution in [3.05, 3.63) is 0 Å². The zero-order valence-electron chi connectivity index (χ0n) is 46.7. The van der Waals surface area contributed by atoms with Crippen molar-refractivity contribution in [1.82, 2.24) is 30.7 Å². The average molecular weight is 1100 g/mol. The van der Waals surface area contributed by atoms with E-state index in [1.807, 2.05) is 0 Å². The van der Waals surface area contributed by atoms with E-state index >= 15 is 0 Å². The Bertz CT molecular complexity index is 1780. The van der Waals surface area contributed by atoms with Crippen LogP contribution in [0.1, 0.15) is 153 Å². The number of carbonyl (C=O) groups is 8. The zero-order valence-corrected chi connectivity index (χ0v) is 39.7. The van der Waals surface area contributed by atoms with Gasteiger partial charge in [-0.3, -0.25) is 50.1 Å². The third kappa shape index (κ3) is 53.5. The van der Waals surface area contributed by atoms with Crippen LogP contribution in [0.5, 0.6) is 0 Å². The molecule has 5 amide bonds. The van der Waals surface area contributed by atoms with Crippen molar-refractivity contribution in [3.63, 3.8) is 0 Å². The van der Waals surface area contributed by atoms with Crippen molar-refractivity contribution in [3.8, 4) is 0 Å². The summed E-state index contributed by atoms with van der Waals surface area (Å²) in [5, 5.41) is 22.7. The number of guanidine groups is 3. The van der Waals surface area contributed by atoms with Crippen LogP contribution < -0.4 is 16.0 Å². The number of nitrogens with one attached hydrogen (secondary N) is 4. The van der Waals surface area contributed by atoms with Crippen LogP contribution in [0.2, 0.25) is 0 Å². The number of carboxylic acid groups (broad SMARTS) is 1. The van der Waals surface area contributed by atoms with Crippen LogP contribution in [-0.4, -0.2) is 155 Å². The minimum atomic E-state index is -2.93. The molecule has 0 unspecified atom stereocenters. The third-order valence-electron chi connectivity index (χ3n) is 5.16. The maximum atomic E-state index is 11.9. The molecule has 0 radical (unpaired) electrons. The molecule has 22 nitrogen and oxygen atoms in total. The topological polar surface area (TPSA) is 288 Å². The zero-order chi connectivity index (χ0) is 55.3. The second kappa shape index (κ2) is 46.7. The Morgan fingerprint density at radius 1 is 0.606 bits per heavy atom. The summed E-state index contributed by atoms with van der Waals surface area (Å²) in [5.41, 5.74) is -1.76. The Kier molecular flexibility index (Phi) is 43.3. The fraction of sp³-hybridized carbons (Fsp3) is 0.738. The molecule has 0 saturated carbocycles. The van der Waals surface area contributed by atoms with E-state index in [0.29, 0.717) is 14.7 Å². The van der Waals surface area contributed by atoms with Gasteiger partial charge in [-0.05, 0) is 59.8 Å². The number of ether oxygens (including phenoxy) is 4. The predicted octanol–water partition coefficient (Wildman–Crippen LogP) is 7.22. The number of halogens is 2. The number of amides is 5. The van der Waals surface area contributed by atoms with Crippen LogP contribution in [-0.2, 0) is 47.7 Å². The van der Waals surface area contributed by atoms with Crippen molar-refractivity contribution in [1.29, 1.82) is 5.41 Å². The van der Waals surface area contributed by atoms with Gasteiger partial charge in [0.1, 0.15) is 30.8 Å². The minimum Gasteiger partial charge on any atom is -1.00 e. The predicted molar refractivity (Wildman–Crippen MR) is 276 cm³/mol. The highest BCUT2D eigenvalue weighted by atomic mass is 127. The molecule has 66 heavy (non-hydrogen) atoms. The van der Waals surface area contributed by atoms with Gasteiger partial charge in [0, 0.05) is 52.5 Å². The summed E-state index contributed by atoms with van der Waals surface area (Å²) < 4.78 is 86.7. The van der Waals surface area contributed by atoms with E-state index in [4.69, 9.17) is 37.1 Å². The summed E-state index contributed by atoms with van der Waals surface area (Å²) in [6.07, 6.45) is -2.14. The maximum Gasteiger partial charge on any atom is 0.437 e. The van der Waals surface area contributed by atoms with Crippen molar-refractivity contribution < 1.29 is 76.2 Å². The van der Waals surface area contributed by atoms with Crippen molar-refractivity contribution in [2.24, 2.45) is 9.98 Å². The molecule has 0 aromatic heterocycles. The van der Waals surface area contributed by atoms with E-state index in [2.05, 4.69) is 60.2 Å². The number of hydrogen-bond acceptors (Lipinski definition) is 13. The van der Waals surface area contributed by atoms with Crippen LogP contribution in [0, 0.1) is 5.41 Å². The summed E-state index contributed by atoms with van der Waals surface area (Å²) in [5.74, 6) is -6.75. The lowest BCUT2D eigenvalue weighted by molar-refractivity contribution is -0.144. The summed E-state index contributed by atoms with van der Waals surface area (Å²) in [6.45, 7) is 8.72. The molecule has 396 valence electrons. The third-order valence-corrected chi connectivity index (χ3v) is 5.16. The molecule has 24 heteroatoms. The van der Waals surface area contributed by atoms with Crippen LogP contribution in [0.4, 0.5) is 9.59 Å². The van der Waals surface area contributed by atoms with Crippen LogP contribution in [0.3, 0.4) is 0 Å². The van der Waals surface area contributed by atoms with Gasteiger partial charge in [-0.2, -0.15) is 0 Å². The quantitative estimate of drug-likeness (QED) is 0.0341. The number of alkyl halides is 1. The van der Waals surface area contributed by atoms with E-state index in [1.165, 1.54) is 18.3 Å². The first-order valence-corrected chi connectivity index (χ1v) is 19.8. The molecule has 0 saturated heterocycles. The van der Waals surface area contributed by atoms with Gasteiger partial charge < -0.3 is 40.2 Å². The molecule has 5 N–H and O–H groups in total. The van der Waals surface area contributed by atoms with Gasteiger partial charge in [-0.1, -0.05) is 87.4 Å². The number of likely N-dealkylation sites (N-methyl/N-ethyl adjacent to an activating group) is 3. The van der Waals surface area contributed by atoms with Crippen LogP contribution in [0.15, 0.2) is 9.98 Å². The Morgan fingerprint density at radius 3 is 1.15 bits per heavy atom. The summed E-state index contributed by atoms with van der Waals surface area (Å²) in [6, 6.07) is 0. The van der Waals surface area contributed by atoms with Gasteiger partial charge >= 0.3 is 30.1 Å². The average Bonchev–Trinajstić information content (AvgIpc) is 3.15. The van der Waals surface area contributed by atoms with Gasteiger partial charge in [-0.25, -0.2) is 9.59 Å². The lowest BCUT2D eigenvalue weighted by atomic mass is 10.2. The molecule has 0 aromatic carbocycles. The van der Waals surface area contributed by atoms with E-state index in [0.717, 1.165) is 0 Å². The second-order valence-corrected chi connectivity index (χ2v) is 14.4. The first-order chi connectivity index (χ1) is 31.2. The standard InChI is InChI=1S/C14H25N3O5.C12H21N3O5.C9H17N3O3.C2H5I.5CH4.ClH.H/c1-7-10(18)15-12(16-13(20)22-14(3,4)5)17(6)9-11(19)21-8-2;1-6-8(16)13-10(15(5)7-9(17)18)14-11(19)20-12(2,3)4;1-4-7(13)11-9(10)12(3)6-8(14)15-5-2;1-2-3;;;;;;;/h7-9H2,1-6H3,(H,15,16,18,20);6-7H2,1-5H3,(H,17,18)(H,13,14,16,19);4-6H2,1-3H3,(H2,10,11,13);2H2,1H3;5*1H4;1H;/q;;;;;;;;;;-1/i6D3;5D3;3D3;;;;;;;;. The van der Waals surface area contributed by atoms with Gasteiger partial charge in [0.15, 0.2) is 5.96 Å². The number of hydrogen-bond donors (Lipinski definition) is 5. The number of rotatable bonds is 11. The first kappa shape index (κ1) is 61.2. The molecule has 0 aromatic rings. The Balaban J connectivity index is -0.0000000871. The van der Waals surface area contributed by atoms with Gasteiger partial charge in [0.25, 0.3) is 0 Å². The minimum absolute atomic E-state index is 0. The highest BCUT2D eigenvalue weighted by Gasteiger charge is 2.21. The molecule has 0 aliphatic rings. The number of aliphatic imine (C=N–C) groups is 2. The van der Waals surface area contributed by atoms with Crippen molar-refractivity contribution >= 4 is 101 Å². The maximum absolute atomic E-state index is 11.9. The van der Waals surface area contributed by atoms with Crippen molar-refractivity contribution in [2.45, 2.75) is 151 Å². The van der Waals surface area contributed by atoms with Gasteiger partial charge in [-0.15, -0.1) is 22.4 Å². The molecule has 0 fully saturated rings. The van der Waals surface area contributed by atoms with Gasteiger partial charge in [0.2, 0.25) is 29.6 Å². The van der Waals surface area contributed by atoms with E-state index in [-0.39, 0.29) is 83.4 Å². The SMILES string of the molecule is C.C.C.C.C.CCI.Cl.[2H]C([2H])([2H])N(CC(=O)O)C(=NC(=O)OC(C)(C)C)NC(=O)CC.[2H]C([2H])([2H])N(CC(=O)OCC)C(=N)NC(=O)CC.[2H]C([2H])([2H])N(CC(=O)OCC)C(=NC(=O)OC(C)(C)C)NC(=O)CC.[H-]. The summed E-state index contributed by atoms with van der Waals surface area (Å²) in [4.78, 5) is 99.9. The number of esters is 2. The number of nitrogens with zero attached hydrogens (tertiary/aromatic N) is 5. The number of aliphatic carboxylic acids is 1. The van der Waals surface area contributed by atoms with E-state index in [1.54, 1.807) is 62.3 Å². The molecule has 0 aliphatic carbocycles. The summed E-state index contributed by atoms with van der Waals surface area (Å²) in [7, 11) is 0. The van der Waals surface area contributed by atoms with Gasteiger partial charge in [0.05, 0.1) is 13.2 Å².